The molecule has 0 spiro atoms. The van der Waals surface area contributed by atoms with Crippen molar-refractivity contribution in [2.75, 3.05) is 0 Å². The summed E-state index contributed by atoms with van der Waals surface area (Å²) in [6.45, 7) is 0. The third-order valence-corrected chi connectivity index (χ3v) is 3.45. The second-order valence-corrected chi connectivity index (χ2v) is 6.71. The Morgan fingerprint density at radius 3 is 2.31 bits per heavy atom. The molecule has 1 N–H and O–H groups in total. The van der Waals surface area contributed by atoms with Gasteiger partial charge in [-0.3, -0.25) is 9.52 Å². The van der Waals surface area contributed by atoms with E-state index in [9.17, 15) is 13.2 Å². The number of sulfonamides is 1. The van der Waals surface area contributed by atoms with Gasteiger partial charge >= 0.3 is 0 Å². The Bertz CT molecular complexity index is 355. The van der Waals surface area contributed by atoms with Crippen molar-refractivity contribution in [1.29, 1.82) is 0 Å². The first kappa shape index (κ1) is 16.3. The van der Waals surface area contributed by atoms with Gasteiger partial charge in [-0.1, -0.05) is 11.6 Å². The molecule has 0 aromatic carbocycles. The molecule has 0 aromatic heterocycles. The summed E-state index contributed by atoms with van der Waals surface area (Å²) in [4.78, 5) is 9.30. The molecule has 0 rings (SSSR count). The summed E-state index contributed by atoms with van der Waals surface area (Å²) in [5.74, 6) is 0. The first-order valence-electron chi connectivity index (χ1n) is 4.01. The summed E-state index contributed by atoms with van der Waals surface area (Å²) in [5.41, 5.74) is 0. The predicted molar refractivity (Wildman–Crippen MR) is 66.4 cm³/mol. The van der Waals surface area contributed by atoms with Gasteiger partial charge in [0.25, 0.3) is 10.0 Å². The van der Waals surface area contributed by atoms with Crippen LogP contribution in [0.2, 0.25) is 0 Å². The van der Waals surface area contributed by atoms with Gasteiger partial charge in [0.05, 0.1) is 5.41 Å². The van der Waals surface area contributed by atoms with E-state index >= 15 is 0 Å². The molecule has 1 unspecified atom stereocenters. The molecule has 0 aliphatic heterocycles. The fraction of sp³-hybridized carbons (Fsp3) is 0.571. The van der Waals surface area contributed by atoms with Crippen LogP contribution in [0.25, 0.3) is 0 Å². The van der Waals surface area contributed by atoms with E-state index in [1.165, 1.54) is 0 Å². The predicted octanol–water partition coefficient (Wildman–Crippen LogP) is 2.33. The lowest BCUT2D eigenvalue weighted by Gasteiger charge is -2.08. The van der Waals surface area contributed by atoms with Crippen LogP contribution in [0.3, 0.4) is 0 Å². The Labute approximate surface area is 114 Å². The molecule has 0 saturated heterocycles. The molecule has 0 heterocycles. The molecule has 4 nitrogen and oxygen atoms in total. The molecule has 0 aliphatic carbocycles. The van der Waals surface area contributed by atoms with Gasteiger partial charge < -0.3 is 0 Å². The Hall–Kier alpha value is 0.320. The van der Waals surface area contributed by atoms with Gasteiger partial charge in [0.15, 0.2) is 0 Å². The fourth-order valence-corrected chi connectivity index (χ4v) is 3.01. The van der Waals surface area contributed by atoms with Crippen LogP contribution in [0, 0.1) is 0 Å². The highest BCUT2D eigenvalue weighted by molar-refractivity contribution is 7.92. The van der Waals surface area contributed by atoms with Gasteiger partial charge in [-0.05, 0) is 6.42 Å². The molecule has 1 amide bonds. The molecule has 0 aliphatic rings. The Balaban J connectivity index is 4.40. The van der Waals surface area contributed by atoms with Crippen molar-refractivity contribution in [2.45, 2.75) is 23.1 Å². The molecule has 1 atom stereocenters. The molecule has 0 aromatic rings. The number of hydrogen-bond acceptors (Lipinski definition) is 3. The zero-order valence-electron chi connectivity index (χ0n) is 7.87. The maximum absolute atomic E-state index is 11.0. The average molecular weight is 329 g/mol. The minimum atomic E-state index is -3.84. The molecule has 0 bridgehead atoms. The van der Waals surface area contributed by atoms with Crippen LogP contribution < -0.4 is 4.72 Å². The number of nitrogens with one attached hydrogen (secondary N) is 1. The Morgan fingerprint density at radius 2 is 1.88 bits per heavy atom. The number of rotatable bonds is 7. The largest absolute Gasteiger partial charge is 0.278 e. The van der Waals surface area contributed by atoms with Crippen molar-refractivity contribution in [1.82, 2.24) is 4.72 Å². The highest BCUT2D eigenvalue weighted by atomic mass is 35.5. The van der Waals surface area contributed by atoms with Crippen LogP contribution in [0.1, 0.15) is 12.8 Å². The van der Waals surface area contributed by atoms with Crippen molar-refractivity contribution in [3.8, 4) is 0 Å². The van der Waals surface area contributed by atoms with Gasteiger partial charge in [-0.2, -0.15) is 0 Å². The summed E-state index contributed by atoms with van der Waals surface area (Å²) in [6.07, 6.45) is 0.413. The van der Waals surface area contributed by atoms with Crippen LogP contribution in [-0.4, -0.2) is 25.0 Å². The van der Waals surface area contributed by atoms with Gasteiger partial charge in [-0.25, -0.2) is 8.42 Å². The minimum Gasteiger partial charge on any atom is -0.278 e. The van der Waals surface area contributed by atoms with E-state index in [0.717, 1.165) is 5.41 Å². The summed E-state index contributed by atoms with van der Waals surface area (Å²) in [5, 5.41) is 0.231. The lowest BCUT2D eigenvalue weighted by Crippen LogP contribution is -2.19. The highest BCUT2D eigenvalue weighted by Crippen LogP contribution is 2.22. The zero-order valence-corrected chi connectivity index (χ0v) is 11.7. The maximum atomic E-state index is 11.0. The molecule has 0 saturated carbocycles. The number of amides is 1. The number of carbonyl (C=O) groups is 1. The zero-order chi connectivity index (χ0) is 12.8. The van der Waals surface area contributed by atoms with Crippen LogP contribution in [0.5, 0.6) is 0 Å². The molecule has 0 fully saturated rings. The Kier molecular flexibility index (Phi) is 7.76. The van der Waals surface area contributed by atoms with E-state index in [2.05, 4.69) is 0 Å². The maximum Gasteiger partial charge on any atom is 0.258 e. The topological polar surface area (TPSA) is 63.2 Å². The highest BCUT2D eigenvalue weighted by Gasteiger charge is 2.13. The van der Waals surface area contributed by atoms with E-state index in [1.807, 2.05) is 0 Å². The van der Waals surface area contributed by atoms with Gasteiger partial charge in [0, 0.05) is 16.8 Å². The molecule has 16 heavy (non-hydrogen) atoms. The minimum absolute atomic E-state index is 0.0108. The number of halogens is 4. The summed E-state index contributed by atoms with van der Waals surface area (Å²) >= 11 is 22.4. The monoisotopic (exact) mass is 327 g/mol. The summed E-state index contributed by atoms with van der Waals surface area (Å²) < 4.78 is 23.7. The first-order chi connectivity index (χ1) is 7.26. The number of carbonyl (C=O) groups excluding carboxylic acids is 1. The number of hydrogen-bond donors (Lipinski definition) is 1. The van der Waals surface area contributed by atoms with Crippen molar-refractivity contribution in [2.24, 2.45) is 0 Å². The normalized spacial score (nSPS) is 14.9. The third kappa shape index (κ3) is 8.47. The lowest BCUT2D eigenvalue weighted by molar-refractivity contribution is -0.108. The van der Waals surface area contributed by atoms with Gasteiger partial charge in [0.1, 0.15) is 4.84 Å². The van der Waals surface area contributed by atoms with Gasteiger partial charge in [0.2, 0.25) is 6.41 Å². The number of alkyl halides is 3. The summed E-state index contributed by atoms with van der Waals surface area (Å²) in [6, 6.07) is 0. The van der Waals surface area contributed by atoms with Crippen molar-refractivity contribution in [3.05, 3.63) is 10.4 Å². The van der Waals surface area contributed by atoms with Gasteiger partial charge in [-0.15, -0.1) is 34.8 Å². The molecule has 0 radical (unpaired) electrons. The van der Waals surface area contributed by atoms with E-state index in [1.54, 1.807) is 4.72 Å². The smallest absolute Gasteiger partial charge is 0.258 e. The van der Waals surface area contributed by atoms with Crippen molar-refractivity contribution in [3.63, 3.8) is 0 Å². The van der Waals surface area contributed by atoms with E-state index in [4.69, 9.17) is 46.4 Å². The van der Waals surface area contributed by atoms with E-state index in [-0.39, 0.29) is 24.3 Å². The number of allylic oxidation sites excluding steroid dienone is 1. The van der Waals surface area contributed by atoms with E-state index in [0.29, 0.717) is 0 Å². The molecule has 94 valence electrons. The van der Waals surface area contributed by atoms with Crippen molar-refractivity contribution < 1.29 is 13.2 Å². The fourth-order valence-electron chi connectivity index (χ4n) is 0.806. The molecule has 9 heteroatoms. The van der Waals surface area contributed by atoms with E-state index < -0.39 is 20.2 Å². The van der Waals surface area contributed by atoms with Crippen molar-refractivity contribution >= 4 is 62.8 Å². The Morgan fingerprint density at radius 1 is 1.31 bits per heavy atom. The second-order valence-electron chi connectivity index (χ2n) is 2.77. The molecular weight excluding hydrogens is 320 g/mol. The van der Waals surface area contributed by atoms with Crippen LogP contribution >= 0.6 is 46.4 Å². The quantitative estimate of drug-likeness (QED) is 0.576. The molecular formula is C7H9Cl4NO3S. The lowest BCUT2D eigenvalue weighted by atomic mass is 10.2. The third-order valence-electron chi connectivity index (χ3n) is 1.35. The van der Waals surface area contributed by atoms with Crippen LogP contribution in [0.4, 0.5) is 0 Å². The summed E-state index contributed by atoms with van der Waals surface area (Å²) in [7, 11) is -3.84. The SMILES string of the molecule is O=CNS(=O)(=O)C=C(Cl)CC(Cl)CC(Cl)Cl. The first-order valence-corrected chi connectivity index (χ1v) is 7.24. The second kappa shape index (κ2) is 7.61. The standard InChI is InChI=1S/C7H9Cl4NO3S/c8-5(2-7(10)11)1-6(9)3-16(14,15)12-4-13/h3-5,7H,1-2H2,(H,12,13). The average Bonchev–Trinajstić information content (AvgIpc) is 1.98. The van der Waals surface area contributed by atoms with Crippen LogP contribution in [-0.2, 0) is 14.8 Å². The van der Waals surface area contributed by atoms with Crippen LogP contribution in [0.15, 0.2) is 10.4 Å².